The lowest BCUT2D eigenvalue weighted by atomic mass is 9.74. The molecule has 0 spiro atoms. The Balaban J connectivity index is 2.38. The van der Waals surface area contributed by atoms with Gasteiger partial charge in [-0.3, -0.25) is 0 Å². The number of rotatable bonds is 2. The summed E-state index contributed by atoms with van der Waals surface area (Å²) in [6, 6.07) is 18.7. The Hall–Kier alpha value is -1.56. The molecule has 1 radical (unpaired) electrons. The minimum Gasteiger partial charge on any atom is -0.0642 e. The van der Waals surface area contributed by atoms with Gasteiger partial charge in [0.2, 0.25) is 0 Å². The quantitative estimate of drug-likeness (QED) is 0.696. The molecule has 1 aliphatic rings. The van der Waals surface area contributed by atoms with Crippen LogP contribution in [0, 0.1) is 6.07 Å². The van der Waals surface area contributed by atoms with E-state index in [1.807, 2.05) is 6.07 Å². The lowest BCUT2D eigenvalue weighted by Crippen LogP contribution is -2.22. The normalized spacial score (nSPS) is 15.4. The van der Waals surface area contributed by atoms with Crippen LogP contribution in [0.1, 0.15) is 37.8 Å². The molecule has 0 aromatic heterocycles. The van der Waals surface area contributed by atoms with Crippen LogP contribution in [0.2, 0.25) is 0 Å². The van der Waals surface area contributed by atoms with Crippen molar-refractivity contribution in [2.45, 2.75) is 32.1 Å². The van der Waals surface area contributed by atoms with Crippen LogP contribution < -0.4 is 0 Å². The Morgan fingerprint density at radius 3 is 2.41 bits per heavy atom. The second-order valence-electron chi connectivity index (χ2n) is 4.79. The highest BCUT2D eigenvalue weighted by Crippen LogP contribution is 2.51. The van der Waals surface area contributed by atoms with E-state index in [-0.39, 0.29) is 5.41 Å². The van der Waals surface area contributed by atoms with Gasteiger partial charge in [-0.1, -0.05) is 56.3 Å². The molecule has 0 atom stereocenters. The van der Waals surface area contributed by atoms with Gasteiger partial charge < -0.3 is 0 Å². The highest BCUT2D eigenvalue weighted by Gasteiger charge is 2.39. The van der Waals surface area contributed by atoms with E-state index in [0.29, 0.717) is 0 Å². The summed E-state index contributed by atoms with van der Waals surface area (Å²) in [5.41, 5.74) is 5.86. The van der Waals surface area contributed by atoms with Crippen LogP contribution in [0.3, 0.4) is 0 Å². The molecule has 0 saturated heterocycles. The van der Waals surface area contributed by atoms with Crippen LogP contribution in [0.4, 0.5) is 0 Å². The Bertz CT molecular complexity index is 500. The Morgan fingerprint density at radius 1 is 0.941 bits per heavy atom. The van der Waals surface area contributed by atoms with E-state index in [0.717, 1.165) is 12.8 Å². The second-order valence-corrected chi connectivity index (χ2v) is 4.79. The van der Waals surface area contributed by atoms with Gasteiger partial charge in [0.25, 0.3) is 0 Å². The molecule has 17 heavy (non-hydrogen) atoms. The van der Waals surface area contributed by atoms with Gasteiger partial charge >= 0.3 is 0 Å². The zero-order valence-electron chi connectivity index (χ0n) is 10.5. The molecule has 0 unspecified atom stereocenters. The Labute approximate surface area is 103 Å². The van der Waals surface area contributed by atoms with Crippen LogP contribution in [-0.2, 0) is 5.41 Å². The highest BCUT2D eigenvalue weighted by atomic mass is 14.4. The molecule has 1 aliphatic carbocycles. The van der Waals surface area contributed by atoms with E-state index in [2.05, 4.69) is 56.3 Å². The summed E-state index contributed by atoms with van der Waals surface area (Å²) in [5.74, 6) is 0. The fourth-order valence-corrected chi connectivity index (χ4v) is 3.31. The lowest BCUT2D eigenvalue weighted by Gasteiger charge is -2.29. The van der Waals surface area contributed by atoms with Crippen molar-refractivity contribution >= 4 is 0 Å². The number of hydrogen-bond donors (Lipinski definition) is 0. The van der Waals surface area contributed by atoms with Gasteiger partial charge in [0.1, 0.15) is 0 Å². The fourth-order valence-electron chi connectivity index (χ4n) is 3.31. The smallest absolute Gasteiger partial charge is 0.0216 e. The molecular weight excluding hydrogens is 204 g/mol. The zero-order chi connectivity index (χ0) is 11.9. The number of benzene rings is 2. The van der Waals surface area contributed by atoms with Crippen molar-refractivity contribution in [3.63, 3.8) is 0 Å². The first-order valence-corrected chi connectivity index (χ1v) is 6.44. The van der Waals surface area contributed by atoms with Crippen molar-refractivity contribution in [1.29, 1.82) is 0 Å². The predicted molar refractivity (Wildman–Crippen MR) is 72.1 cm³/mol. The minimum absolute atomic E-state index is 0.188. The molecule has 0 heterocycles. The highest BCUT2D eigenvalue weighted by molar-refractivity contribution is 5.80. The largest absolute Gasteiger partial charge is 0.0642 e. The van der Waals surface area contributed by atoms with E-state index in [4.69, 9.17) is 0 Å². The van der Waals surface area contributed by atoms with Gasteiger partial charge in [-0.05, 0) is 41.2 Å². The molecule has 0 N–H and O–H groups in total. The molecule has 0 fully saturated rings. The maximum absolute atomic E-state index is 3.49. The third-order valence-corrected chi connectivity index (χ3v) is 4.27. The van der Waals surface area contributed by atoms with Gasteiger partial charge in [-0.25, -0.2) is 0 Å². The average Bonchev–Trinajstić information content (AvgIpc) is 2.70. The Kier molecular flexibility index (Phi) is 2.32. The molecular formula is C17H17. The van der Waals surface area contributed by atoms with Crippen LogP contribution in [-0.4, -0.2) is 0 Å². The molecule has 2 aromatic rings. The molecule has 0 aliphatic heterocycles. The van der Waals surface area contributed by atoms with E-state index in [1.165, 1.54) is 22.3 Å². The van der Waals surface area contributed by atoms with Gasteiger partial charge in [0.15, 0.2) is 0 Å². The summed E-state index contributed by atoms with van der Waals surface area (Å²) in [4.78, 5) is 0. The number of fused-ring (bicyclic) bond motifs is 3. The average molecular weight is 221 g/mol. The van der Waals surface area contributed by atoms with Crippen LogP contribution in [0.15, 0.2) is 42.5 Å². The van der Waals surface area contributed by atoms with Crippen LogP contribution >= 0.6 is 0 Å². The summed E-state index contributed by atoms with van der Waals surface area (Å²) in [6.45, 7) is 4.58. The number of hydrogen-bond acceptors (Lipinski definition) is 0. The summed E-state index contributed by atoms with van der Waals surface area (Å²) >= 11 is 0. The monoisotopic (exact) mass is 221 g/mol. The summed E-state index contributed by atoms with van der Waals surface area (Å²) in [5, 5.41) is 0. The summed E-state index contributed by atoms with van der Waals surface area (Å²) in [7, 11) is 0. The van der Waals surface area contributed by atoms with Crippen molar-refractivity contribution in [1.82, 2.24) is 0 Å². The molecule has 0 amide bonds. The molecule has 0 bridgehead atoms. The Morgan fingerprint density at radius 2 is 1.65 bits per heavy atom. The van der Waals surface area contributed by atoms with Crippen molar-refractivity contribution in [2.24, 2.45) is 0 Å². The summed E-state index contributed by atoms with van der Waals surface area (Å²) in [6.07, 6.45) is 2.29. The van der Waals surface area contributed by atoms with Gasteiger partial charge in [-0.2, -0.15) is 0 Å². The minimum atomic E-state index is 0.188. The van der Waals surface area contributed by atoms with Crippen molar-refractivity contribution in [2.75, 3.05) is 0 Å². The predicted octanol–water partition coefficient (Wildman–Crippen LogP) is 4.57. The van der Waals surface area contributed by atoms with Gasteiger partial charge in [0.05, 0.1) is 0 Å². The molecule has 0 nitrogen and oxygen atoms in total. The molecule has 85 valence electrons. The fraction of sp³-hybridized carbons (Fsp3) is 0.294. The first-order valence-electron chi connectivity index (χ1n) is 6.44. The molecule has 0 saturated carbocycles. The van der Waals surface area contributed by atoms with E-state index < -0.39 is 0 Å². The first-order chi connectivity index (χ1) is 8.33. The van der Waals surface area contributed by atoms with Crippen molar-refractivity contribution in [3.05, 3.63) is 59.7 Å². The van der Waals surface area contributed by atoms with Gasteiger partial charge in [-0.15, -0.1) is 0 Å². The molecule has 0 heteroatoms. The SMILES string of the molecule is CCC1(CC)c2[c]cccc2-c2ccccc21. The van der Waals surface area contributed by atoms with Gasteiger partial charge in [0, 0.05) is 5.41 Å². The van der Waals surface area contributed by atoms with Crippen LogP contribution in [0.25, 0.3) is 11.1 Å². The van der Waals surface area contributed by atoms with Crippen LogP contribution in [0.5, 0.6) is 0 Å². The van der Waals surface area contributed by atoms with E-state index in [9.17, 15) is 0 Å². The van der Waals surface area contributed by atoms with Crippen molar-refractivity contribution in [3.8, 4) is 11.1 Å². The lowest BCUT2D eigenvalue weighted by molar-refractivity contribution is 0.490. The molecule has 3 rings (SSSR count). The van der Waals surface area contributed by atoms with E-state index >= 15 is 0 Å². The first kappa shape index (κ1) is 10.6. The maximum Gasteiger partial charge on any atom is 0.0216 e. The van der Waals surface area contributed by atoms with E-state index in [1.54, 1.807) is 0 Å². The topological polar surface area (TPSA) is 0 Å². The summed E-state index contributed by atoms with van der Waals surface area (Å²) < 4.78 is 0. The zero-order valence-corrected chi connectivity index (χ0v) is 10.5. The second kappa shape index (κ2) is 3.73. The third-order valence-electron chi connectivity index (χ3n) is 4.27. The maximum atomic E-state index is 3.49. The standard InChI is InChI=1S/C17H17/c1-3-17(4-2)15-11-7-5-9-13(15)14-10-6-8-12-16(14)17/h5-11H,3-4H2,1-2H3. The van der Waals surface area contributed by atoms with Crippen molar-refractivity contribution < 1.29 is 0 Å². The molecule has 2 aromatic carbocycles. The third kappa shape index (κ3) is 1.24.